The maximum Gasteiger partial charge on any atom is 0.227 e. The Morgan fingerprint density at radius 3 is 2.77 bits per heavy atom. The van der Waals surface area contributed by atoms with Gasteiger partial charge in [-0.1, -0.05) is 36.0 Å². The Bertz CT molecular complexity index is 959. The molecule has 4 N–H and O–H groups in total. The lowest BCUT2D eigenvalue weighted by Crippen LogP contribution is -2.33. The molecule has 1 aromatic heterocycles. The van der Waals surface area contributed by atoms with Crippen LogP contribution in [0.25, 0.3) is 4.91 Å². The maximum atomic E-state index is 14.8. The van der Waals surface area contributed by atoms with E-state index >= 15 is 0 Å². The number of amides is 1. The Kier molecular flexibility index (Phi) is 6.80. The second kappa shape index (κ2) is 9.16. The van der Waals surface area contributed by atoms with Gasteiger partial charge in [-0.05, 0) is 44.5 Å². The number of primary amides is 1. The van der Waals surface area contributed by atoms with Crippen LogP contribution in [0.15, 0.2) is 42.5 Å². The molecule has 2 heterocycles. The van der Waals surface area contributed by atoms with E-state index in [0.717, 1.165) is 5.69 Å². The van der Waals surface area contributed by atoms with Crippen LogP contribution < -0.4 is 11.1 Å². The highest BCUT2D eigenvalue weighted by molar-refractivity contribution is 8.09. The van der Waals surface area contributed by atoms with Gasteiger partial charge in [0.2, 0.25) is 5.91 Å². The first-order valence-corrected chi connectivity index (χ1v) is 10.6. The summed E-state index contributed by atoms with van der Waals surface area (Å²) in [5.41, 5.74) is 6.05. The van der Waals surface area contributed by atoms with E-state index in [1.807, 2.05) is 19.1 Å². The number of hydrogen-bond donors (Lipinski definition) is 3. The number of aromatic nitrogens is 1. The first-order chi connectivity index (χ1) is 14.2. The van der Waals surface area contributed by atoms with Gasteiger partial charge < -0.3 is 20.9 Å². The number of nitrogens with one attached hydrogen (secondary N) is 1. The van der Waals surface area contributed by atoms with E-state index < -0.39 is 28.6 Å². The fraction of sp³-hybridized carbons (Fsp3) is 0.364. The van der Waals surface area contributed by atoms with E-state index in [0.29, 0.717) is 35.1 Å². The van der Waals surface area contributed by atoms with Crippen LogP contribution in [0.1, 0.15) is 37.6 Å². The van der Waals surface area contributed by atoms with E-state index in [4.69, 9.17) is 10.5 Å². The van der Waals surface area contributed by atoms with Gasteiger partial charge in [0.1, 0.15) is 11.6 Å². The number of pyridine rings is 1. The first kappa shape index (κ1) is 22.3. The molecule has 1 aromatic carbocycles. The molecule has 1 aliphatic rings. The molecule has 3 rings (SSSR count). The van der Waals surface area contributed by atoms with Crippen LogP contribution in [0.3, 0.4) is 0 Å². The summed E-state index contributed by atoms with van der Waals surface area (Å²) < 4.78 is 20.1. The Hall–Kier alpha value is -2.42. The minimum Gasteiger partial charge on any atom is -0.386 e. The molecule has 0 saturated heterocycles. The Labute approximate surface area is 179 Å². The van der Waals surface area contributed by atoms with Crippen LogP contribution in [-0.2, 0) is 21.7 Å². The highest BCUT2D eigenvalue weighted by atomic mass is 32.2. The molecule has 160 valence electrons. The topological polar surface area (TPSA) is 97.5 Å². The van der Waals surface area contributed by atoms with Gasteiger partial charge >= 0.3 is 0 Å². The molecule has 2 atom stereocenters. The number of thioether (sulfide) groups is 1. The summed E-state index contributed by atoms with van der Waals surface area (Å²) in [4.78, 5) is 17.1. The minimum absolute atomic E-state index is 0.363. The van der Waals surface area contributed by atoms with Gasteiger partial charge in [-0.15, -0.1) is 0 Å². The van der Waals surface area contributed by atoms with Crippen LogP contribution in [0.5, 0.6) is 0 Å². The third-order valence-corrected chi connectivity index (χ3v) is 6.01. The highest BCUT2D eigenvalue weighted by Gasteiger charge is 2.34. The molecular formula is C22H26FN3O3S. The van der Waals surface area contributed by atoms with Gasteiger partial charge in [-0.25, -0.2) is 9.37 Å². The summed E-state index contributed by atoms with van der Waals surface area (Å²) in [7, 11) is 0. The van der Waals surface area contributed by atoms with Gasteiger partial charge in [0.15, 0.2) is 0 Å². The maximum absolute atomic E-state index is 14.8. The quantitative estimate of drug-likeness (QED) is 0.591. The van der Waals surface area contributed by atoms with Crippen molar-refractivity contribution in [3.63, 3.8) is 0 Å². The van der Waals surface area contributed by atoms with Crippen molar-refractivity contribution in [1.82, 2.24) is 4.98 Å². The van der Waals surface area contributed by atoms with Gasteiger partial charge in [-0.2, -0.15) is 0 Å². The molecule has 6 nitrogen and oxygen atoms in total. The van der Waals surface area contributed by atoms with Gasteiger partial charge in [0.05, 0.1) is 29.2 Å². The van der Waals surface area contributed by atoms with E-state index in [1.165, 1.54) is 17.8 Å². The van der Waals surface area contributed by atoms with Crippen LogP contribution in [0, 0.1) is 11.7 Å². The molecule has 0 radical (unpaired) electrons. The number of ether oxygens (including phenoxy) is 1. The van der Waals surface area contributed by atoms with E-state index in [2.05, 4.69) is 10.3 Å². The van der Waals surface area contributed by atoms with Crippen LogP contribution in [0.2, 0.25) is 0 Å². The van der Waals surface area contributed by atoms with Crippen molar-refractivity contribution < 1.29 is 19.0 Å². The van der Waals surface area contributed by atoms with E-state index in [9.17, 15) is 14.3 Å². The van der Waals surface area contributed by atoms with Crippen molar-refractivity contribution in [3.05, 3.63) is 65.1 Å². The molecular weight excluding hydrogens is 405 g/mol. The van der Waals surface area contributed by atoms with Gasteiger partial charge in [0, 0.05) is 17.1 Å². The molecule has 0 saturated carbocycles. The predicted octanol–water partition coefficient (Wildman–Crippen LogP) is 3.61. The smallest absolute Gasteiger partial charge is 0.227 e. The van der Waals surface area contributed by atoms with Gasteiger partial charge in [-0.3, -0.25) is 4.79 Å². The SMILES string of the molecule is CCOCc1cccc(NC2SC(c3ccc(C(C)(C)O)cc3F)=CC2C(N)=O)n1. The Morgan fingerprint density at radius 1 is 1.37 bits per heavy atom. The number of rotatable bonds is 8. The molecule has 0 fully saturated rings. The third-order valence-electron chi connectivity index (χ3n) is 4.73. The molecule has 2 aromatic rings. The van der Waals surface area contributed by atoms with Crippen molar-refractivity contribution in [3.8, 4) is 0 Å². The van der Waals surface area contributed by atoms with E-state index in [1.54, 1.807) is 38.1 Å². The van der Waals surface area contributed by atoms with Gasteiger partial charge in [0.25, 0.3) is 0 Å². The largest absolute Gasteiger partial charge is 0.386 e. The second-order valence-electron chi connectivity index (χ2n) is 7.55. The average molecular weight is 432 g/mol. The molecule has 8 heteroatoms. The van der Waals surface area contributed by atoms with Crippen LogP contribution in [0.4, 0.5) is 10.2 Å². The predicted molar refractivity (Wildman–Crippen MR) is 117 cm³/mol. The lowest BCUT2D eigenvalue weighted by Gasteiger charge is -2.20. The van der Waals surface area contributed by atoms with Crippen molar-refractivity contribution in [1.29, 1.82) is 0 Å². The zero-order chi connectivity index (χ0) is 21.9. The van der Waals surface area contributed by atoms with Crippen molar-refractivity contribution in [2.24, 2.45) is 11.7 Å². The number of nitrogens with two attached hydrogens (primary N) is 1. The highest BCUT2D eigenvalue weighted by Crippen LogP contribution is 2.43. The summed E-state index contributed by atoms with van der Waals surface area (Å²) in [6.45, 7) is 6.09. The fourth-order valence-electron chi connectivity index (χ4n) is 3.09. The molecule has 1 aliphatic heterocycles. The Balaban J connectivity index is 1.81. The zero-order valence-corrected chi connectivity index (χ0v) is 18.0. The molecule has 1 amide bonds. The molecule has 0 aliphatic carbocycles. The summed E-state index contributed by atoms with van der Waals surface area (Å²) in [5, 5.41) is 12.9. The molecule has 2 unspecified atom stereocenters. The molecule has 0 spiro atoms. The Morgan fingerprint density at radius 2 is 2.13 bits per heavy atom. The average Bonchev–Trinajstić information content (AvgIpc) is 3.09. The van der Waals surface area contributed by atoms with Crippen molar-refractivity contribution in [2.45, 2.75) is 38.4 Å². The third kappa shape index (κ3) is 5.19. The summed E-state index contributed by atoms with van der Waals surface area (Å²) >= 11 is 1.32. The number of carbonyl (C=O) groups is 1. The zero-order valence-electron chi connectivity index (χ0n) is 17.2. The normalized spacial score (nSPS) is 18.9. The fourth-order valence-corrected chi connectivity index (χ4v) is 4.42. The molecule has 30 heavy (non-hydrogen) atoms. The van der Waals surface area contributed by atoms with Crippen LogP contribution in [-0.4, -0.2) is 28.0 Å². The number of hydrogen-bond acceptors (Lipinski definition) is 6. The number of halogens is 1. The standard InChI is InChI=1S/C22H26FN3O3S/c1-4-29-12-14-6-5-7-19(25-14)26-21-16(20(24)27)11-18(30-21)15-9-8-13(10-17(15)23)22(2,3)28/h5-11,16,21,28H,4,12H2,1-3H3,(H2,24,27)(H,25,26). The number of benzene rings is 1. The summed E-state index contributed by atoms with van der Waals surface area (Å²) in [6, 6.07) is 10.1. The monoisotopic (exact) mass is 431 g/mol. The number of anilines is 1. The number of carbonyl (C=O) groups excluding carboxylic acids is 1. The summed E-state index contributed by atoms with van der Waals surface area (Å²) in [6.07, 6.45) is 1.68. The lowest BCUT2D eigenvalue weighted by atomic mass is 9.96. The van der Waals surface area contributed by atoms with E-state index in [-0.39, 0.29) is 0 Å². The van der Waals surface area contributed by atoms with Crippen molar-refractivity contribution in [2.75, 3.05) is 11.9 Å². The summed E-state index contributed by atoms with van der Waals surface area (Å²) in [5.74, 6) is -1.01. The first-order valence-electron chi connectivity index (χ1n) is 9.70. The number of nitrogens with zero attached hydrogens (tertiary/aromatic N) is 1. The van der Waals surface area contributed by atoms with Crippen LogP contribution >= 0.6 is 11.8 Å². The lowest BCUT2D eigenvalue weighted by molar-refractivity contribution is -0.120. The van der Waals surface area contributed by atoms with Crippen molar-refractivity contribution >= 4 is 28.4 Å². The molecule has 0 bridgehead atoms. The minimum atomic E-state index is -1.14. The second-order valence-corrected chi connectivity index (χ2v) is 8.73. The number of aliphatic hydroxyl groups is 1.